The van der Waals surface area contributed by atoms with Crippen LogP contribution in [0.3, 0.4) is 0 Å². The molecule has 0 aromatic heterocycles. The third kappa shape index (κ3) is 12.1. The fourth-order valence-corrected chi connectivity index (χ4v) is 4.63. The summed E-state index contributed by atoms with van der Waals surface area (Å²) < 4.78 is 12.3. The van der Waals surface area contributed by atoms with Crippen molar-refractivity contribution in [2.45, 2.75) is 87.1 Å². The van der Waals surface area contributed by atoms with Crippen molar-refractivity contribution in [1.82, 2.24) is 15.3 Å². The van der Waals surface area contributed by atoms with Crippen LogP contribution >= 0.6 is 0 Å². The number of amides is 1. The molecule has 40 heavy (non-hydrogen) atoms. The Morgan fingerprint density at radius 3 is 1.77 bits per heavy atom. The summed E-state index contributed by atoms with van der Waals surface area (Å²) in [6.45, 7) is 21.5. The zero-order chi connectivity index (χ0) is 29.5. The first kappa shape index (κ1) is 33.4. The topological polar surface area (TPSA) is 54.0 Å². The fraction of sp³-hybridized carbons (Fsp3) is 0.559. The van der Waals surface area contributed by atoms with E-state index in [0.29, 0.717) is 30.3 Å². The van der Waals surface area contributed by atoms with Crippen LogP contribution in [0.2, 0.25) is 0 Å². The van der Waals surface area contributed by atoms with Crippen LogP contribution in [0, 0.1) is 0 Å². The molecule has 6 heteroatoms. The third-order valence-corrected chi connectivity index (χ3v) is 7.06. The Hall–Kier alpha value is -2.83. The Labute approximate surface area is 243 Å². The number of likely N-dealkylation sites (N-methyl/N-ethyl adjacent to an activating group) is 2. The molecular formula is C34H53N3O3. The molecule has 1 aromatic rings. The number of nitrogens with one attached hydrogen (secondary N) is 1. The normalized spacial score (nSPS) is 15.2. The van der Waals surface area contributed by atoms with Crippen molar-refractivity contribution >= 4 is 5.91 Å². The number of hydrazine groups is 1. The SMILES string of the molecule is CCN1CC(NC(=O)c2ccc(OCC=C(C)CCC=C(C)C)c(OCC=C(C)CCC=C(C)C)c2)CN1CC. The number of nitrogens with zero attached hydrogens (tertiary/aromatic N) is 2. The van der Waals surface area contributed by atoms with Crippen LogP contribution in [-0.2, 0) is 0 Å². The van der Waals surface area contributed by atoms with Crippen LogP contribution in [-0.4, -0.2) is 61.4 Å². The predicted octanol–water partition coefficient (Wildman–Crippen LogP) is 7.50. The van der Waals surface area contributed by atoms with Gasteiger partial charge in [0.1, 0.15) is 13.2 Å². The van der Waals surface area contributed by atoms with Crippen LogP contribution in [0.25, 0.3) is 0 Å². The lowest BCUT2D eigenvalue weighted by atomic mass is 10.1. The largest absolute Gasteiger partial charge is 0.486 e. The molecule has 2 rings (SSSR count). The molecule has 0 aliphatic carbocycles. The van der Waals surface area contributed by atoms with Gasteiger partial charge in [-0.25, -0.2) is 10.0 Å². The standard InChI is InChI=1S/C34H53N3O3/c1-9-36-24-31(25-37(36)10-2)35-34(38)30-17-18-32(39-21-19-28(7)15-11-13-26(3)4)33(23-30)40-22-20-29(8)16-12-14-27(5)6/h13-14,17-20,23,31H,9-12,15-16,21-22,24-25H2,1-8H3,(H,35,38). The molecule has 0 saturated carbocycles. The lowest BCUT2D eigenvalue weighted by molar-refractivity contribution is 0.0388. The van der Waals surface area contributed by atoms with Gasteiger partial charge in [-0.2, -0.15) is 0 Å². The zero-order valence-electron chi connectivity index (χ0n) is 26.3. The highest BCUT2D eigenvalue weighted by atomic mass is 16.5. The van der Waals surface area contributed by atoms with Gasteiger partial charge in [0.25, 0.3) is 5.91 Å². The molecule has 0 atom stereocenters. The molecular weight excluding hydrogens is 498 g/mol. The summed E-state index contributed by atoms with van der Waals surface area (Å²) in [7, 11) is 0. The average Bonchev–Trinajstić information content (AvgIpc) is 3.30. The molecule has 0 radical (unpaired) electrons. The van der Waals surface area contributed by atoms with Crippen LogP contribution in [0.15, 0.2) is 64.8 Å². The van der Waals surface area contributed by atoms with Crippen LogP contribution in [0.5, 0.6) is 11.5 Å². The summed E-state index contributed by atoms with van der Waals surface area (Å²) in [4.78, 5) is 13.2. The highest BCUT2D eigenvalue weighted by molar-refractivity contribution is 5.95. The van der Waals surface area contributed by atoms with E-state index < -0.39 is 0 Å². The Kier molecular flexibility index (Phi) is 14.8. The molecule has 222 valence electrons. The smallest absolute Gasteiger partial charge is 0.251 e. The molecule has 1 aliphatic rings. The fourth-order valence-electron chi connectivity index (χ4n) is 4.63. The molecule has 1 heterocycles. The van der Waals surface area contributed by atoms with Gasteiger partial charge in [-0.15, -0.1) is 0 Å². The van der Waals surface area contributed by atoms with Gasteiger partial charge in [-0.05, 0) is 97.6 Å². The molecule has 1 aliphatic heterocycles. The highest BCUT2D eigenvalue weighted by Gasteiger charge is 2.29. The minimum absolute atomic E-state index is 0.0844. The van der Waals surface area contributed by atoms with Gasteiger partial charge in [0, 0.05) is 31.7 Å². The summed E-state index contributed by atoms with van der Waals surface area (Å²) in [5.41, 5.74) is 5.84. The van der Waals surface area contributed by atoms with E-state index in [9.17, 15) is 4.79 Å². The summed E-state index contributed by atoms with van der Waals surface area (Å²) >= 11 is 0. The third-order valence-electron chi connectivity index (χ3n) is 7.06. The molecule has 0 spiro atoms. The number of hydrogen-bond donors (Lipinski definition) is 1. The van der Waals surface area contributed by atoms with Gasteiger partial charge < -0.3 is 14.8 Å². The summed E-state index contributed by atoms with van der Waals surface area (Å²) in [5.74, 6) is 1.16. The van der Waals surface area contributed by atoms with Crippen molar-refractivity contribution in [3.8, 4) is 11.5 Å². The molecule has 1 fully saturated rings. The molecule has 0 bridgehead atoms. The first-order chi connectivity index (χ1) is 19.1. The lowest BCUT2D eigenvalue weighted by Gasteiger charge is -2.24. The number of allylic oxidation sites excluding steroid dienone is 6. The van der Waals surface area contributed by atoms with E-state index in [-0.39, 0.29) is 11.9 Å². The van der Waals surface area contributed by atoms with Crippen LogP contribution < -0.4 is 14.8 Å². The molecule has 1 amide bonds. The predicted molar refractivity (Wildman–Crippen MR) is 168 cm³/mol. The molecule has 6 nitrogen and oxygen atoms in total. The number of benzene rings is 1. The molecule has 1 aromatic carbocycles. The number of rotatable bonds is 16. The Morgan fingerprint density at radius 1 is 0.800 bits per heavy atom. The van der Waals surface area contributed by atoms with Crippen molar-refractivity contribution in [2.24, 2.45) is 0 Å². The van der Waals surface area contributed by atoms with Gasteiger partial charge >= 0.3 is 0 Å². The maximum absolute atomic E-state index is 13.2. The Morgan fingerprint density at radius 2 is 1.30 bits per heavy atom. The minimum atomic E-state index is -0.0844. The monoisotopic (exact) mass is 551 g/mol. The number of hydrogen-bond acceptors (Lipinski definition) is 5. The average molecular weight is 552 g/mol. The van der Waals surface area contributed by atoms with Crippen molar-refractivity contribution in [3.05, 3.63) is 70.4 Å². The van der Waals surface area contributed by atoms with E-state index >= 15 is 0 Å². The Balaban J connectivity index is 2.11. The molecule has 0 unspecified atom stereocenters. The first-order valence-corrected chi connectivity index (χ1v) is 14.9. The summed E-state index contributed by atoms with van der Waals surface area (Å²) in [5, 5.41) is 7.79. The van der Waals surface area contributed by atoms with Gasteiger partial charge in [0.15, 0.2) is 11.5 Å². The highest BCUT2D eigenvalue weighted by Crippen LogP contribution is 2.29. The van der Waals surface area contributed by atoms with E-state index in [1.165, 1.54) is 22.3 Å². The van der Waals surface area contributed by atoms with Crippen molar-refractivity contribution in [2.75, 3.05) is 39.4 Å². The quantitative estimate of drug-likeness (QED) is 0.216. The van der Waals surface area contributed by atoms with Gasteiger partial charge in [-0.3, -0.25) is 4.79 Å². The number of ether oxygens (including phenoxy) is 2. The minimum Gasteiger partial charge on any atom is -0.486 e. The Bertz CT molecular complexity index is 1050. The summed E-state index contributed by atoms with van der Waals surface area (Å²) in [6.07, 6.45) is 12.8. The van der Waals surface area contributed by atoms with E-state index in [1.807, 2.05) is 18.2 Å². The van der Waals surface area contributed by atoms with Crippen LogP contribution in [0.4, 0.5) is 0 Å². The van der Waals surface area contributed by atoms with E-state index in [1.54, 1.807) is 0 Å². The summed E-state index contributed by atoms with van der Waals surface area (Å²) in [6, 6.07) is 5.59. The van der Waals surface area contributed by atoms with Crippen molar-refractivity contribution in [3.63, 3.8) is 0 Å². The number of carbonyl (C=O) groups is 1. The number of carbonyl (C=O) groups excluding carboxylic acids is 1. The van der Waals surface area contributed by atoms with Crippen molar-refractivity contribution in [1.29, 1.82) is 0 Å². The second kappa shape index (κ2) is 17.8. The maximum Gasteiger partial charge on any atom is 0.251 e. The van der Waals surface area contributed by atoms with Gasteiger partial charge in [0.05, 0.1) is 6.04 Å². The van der Waals surface area contributed by atoms with E-state index in [2.05, 4.69) is 95.0 Å². The van der Waals surface area contributed by atoms with Crippen LogP contribution in [0.1, 0.15) is 91.4 Å². The van der Waals surface area contributed by atoms with Gasteiger partial charge in [0.2, 0.25) is 0 Å². The lowest BCUT2D eigenvalue weighted by Crippen LogP contribution is -2.38. The van der Waals surface area contributed by atoms with Gasteiger partial charge in [-0.1, -0.05) is 48.3 Å². The maximum atomic E-state index is 13.2. The zero-order valence-corrected chi connectivity index (χ0v) is 26.3. The molecule has 1 saturated heterocycles. The second-order valence-corrected chi connectivity index (χ2v) is 11.2. The first-order valence-electron chi connectivity index (χ1n) is 14.9. The second-order valence-electron chi connectivity index (χ2n) is 11.2. The van der Waals surface area contributed by atoms with E-state index in [0.717, 1.165) is 51.9 Å². The van der Waals surface area contributed by atoms with Crippen molar-refractivity contribution < 1.29 is 14.3 Å². The van der Waals surface area contributed by atoms with E-state index in [4.69, 9.17) is 9.47 Å². The molecule has 1 N–H and O–H groups in total.